The number of thiophene rings is 1. The third kappa shape index (κ3) is 3.54. The molecule has 0 bridgehead atoms. The highest BCUT2D eigenvalue weighted by atomic mass is 32.1. The minimum absolute atomic E-state index is 0.593. The smallest absolute Gasteiger partial charge is 0.0914 e. The van der Waals surface area contributed by atoms with E-state index in [0.717, 1.165) is 36.9 Å². The Morgan fingerprint density at radius 3 is 3.05 bits per heavy atom. The summed E-state index contributed by atoms with van der Waals surface area (Å²) in [5, 5.41) is 3.32. The van der Waals surface area contributed by atoms with E-state index in [9.17, 15) is 0 Å². The van der Waals surface area contributed by atoms with Gasteiger partial charge in [0, 0.05) is 43.6 Å². The van der Waals surface area contributed by atoms with Gasteiger partial charge in [0.15, 0.2) is 0 Å². The molecule has 0 N–H and O–H groups in total. The molecule has 0 spiro atoms. The molecule has 21 heavy (non-hydrogen) atoms. The van der Waals surface area contributed by atoms with E-state index in [1.54, 1.807) is 23.3 Å². The first kappa shape index (κ1) is 15.2. The molecule has 1 atom stereocenters. The summed E-state index contributed by atoms with van der Waals surface area (Å²) < 4.78 is 5.25. The van der Waals surface area contributed by atoms with Gasteiger partial charge in [0.2, 0.25) is 0 Å². The predicted molar refractivity (Wildman–Crippen MR) is 90.2 cm³/mol. The lowest BCUT2D eigenvalue weighted by atomic mass is 10.1. The molecule has 1 aliphatic rings. The average molecular weight is 322 g/mol. The van der Waals surface area contributed by atoms with Crippen LogP contribution in [0.3, 0.4) is 0 Å². The van der Waals surface area contributed by atoms with Crippen LogP contribution in [-0.2, 0) is 17.7 Å². The Bertz CT molecular complexity index is 605. The number of aryl methyl sites for hydroxylation is 1. The van der Waals surface area contributed by atoms with Gasteiger partial charge in [-0.05, 0) is 30.9 Å². The number of hydrogen-bond donors (Lipinski definition) is 0. The van der Waals surface area contributed by atoms with Gasteiger partial charge in [-0.2, -0.15) is 0 Å². The third-order valence-electron chi connectivity index (χ3n) is 3.84. The maximum absolute atomic E-state index is 5.25. The highest BCUT2D eigenvalue weighted by Gasteiger charge is 2.21. The second-order valence-electron chi connectivity index (χ2n) is 5.86. The summed E-state index contributed by atoms with van der Waals surface area (Å²) in [6.07, 6.45) is 1.17. The zero-order valence-corrected chi connectivity index (χ0v) is 14.5. The standard InChI is InChI=1S/C16H22N2OS2/c1-11(9-19-3)7-18-5-4-15-13(8-18)6-16(21-15)14-10-20-12(2)17-14/h6,10-11H,4-5,7-9H2,1-3H3. The number of aromatic nitrogens is 1. The second kappa shape index (κ2) is 6.57. The molecule has 3 rings (SSSR count). The highest BCUT2D eigenvalue weighted by molar-refractivity contribution is 7.16. The Kier molecular flexibility index (Phi) is 4.74. The summed E-state index contributed by atoms with van der Waals surface area (Å²) in [6.45, 7) is 8.53. The van der Waals surface area contributed by atoms with E-state index < -0.39 is 0 Å². The van der Waals surface area contributed by atoms with Gasteiger partial charge in [-0.1, -0.05) is 6.92 Å². The molecule has 0 fully saturated rings. The fraction of sp³-hybridized carbons (Fsp3) is 0.562. The number of rotatable bonds is 5. The zero-order chi connectivity index (χ0) is 14.8. The van der Waals surface area contributed by atoms with Crippen LogP contribution in [0.5, 0.6) is 0 Å². The Balaban J connectivity index is 1.70. The number of thiazole rings is 1. The molecule has 0 aromatic carbocycles. The van der Waals surface area contributed by atoms with Crippen molar-refractivity contribution in [2.45, 2.75) is 26.8 Å². The lowest BCUT2D eigenvalue weighted by Gasteiger charge is -2.29. The number of fused-ring (bicyclic) bond motifs is 1. The van der Waals surface area contributed by atoms with Crippen LogP contribution in [0.1, 0.15) is 22.4 Å². The molecule has 0 saturated heterocycles. The first-order valence-corrected chi connectivity index (χ1v) is 9.10. The van der Waals surface area contributed by atoms with Gasteiger partial charge in [-0.3, -0.25) is 4.90 Å². The average Bonchev–Trinajstić information content (AvgIpc) is 3.04. The topological polar surface area (TPSA) is 25.4 Å². The Morgan fingerprint density at radius 1 is 1.48 bits per heavy atom. The molecule has 2 aromatic heterocycles. The van der Waals surface area contributed by atoms with Gasteiger partial charge in [0.25, 0.3) is 0 Å². The van der Waals surface area contributed by atoms with E-state index in [-0.39, 0.29) is 0 Å². The molecule has 0 amide bonds. The summed E-state index contributed by atoms with van der Waals surface area (Å²) in [5.74, 6) is 0.593. The van der Waals surface area contributed by atoms with Gasteiger partial charge >= 0.3 is 0 Å². The van der Waals surface area contributed by atoms with Crippen molar-refractivity contribution in [3.05, 3.63) is 26.9 Å². The highest BCUT2D eigenvalue weighted by Crippen LogP contribution is 2.35. The fourth-order valence-electron chi connectivity index (χ4n) is 2.93. The Morgan fingerprint density at radius 2 is 2.33 bits per heavy atom. The van der Waals surface area contributed by atoms with Crippen LogP contribution < -0.4 is 0 Å². The van der Waals surface area contributed by atoms with E-state index in [0.29, 0.717) is 5.92 Å². The van der Waals surface area contributed by atoms with E-state index in [1.807, 2.05) is 11.3 Å². The molecule has 0 aliphatic carbocycles. The predicted octanol–water partition coefficient (Wildman–Crippen LogP) is 3.82. The van der Waals surface area contributed by atoms with Gasteiger partial charge in [-0.15, -0.1) is 22.7 Å². The SMILES string of the molecule is COCC(C)CN1CCc2sc(-c3csc(C)n3)cc2C1. The van der Waals surface area contributed by atoms with Crippen LogP contribution >= 0.6 is 22.7 Å². The van der Waals surface area contributed by atoms with Gasteiger partial charge in [0.05, 0.1) is 15.6 Å². The molecule has 0 saturated carbocycles. The maximum Gasteiger partial charge on any atom is 0.0914 e. The van der Waals surface area contributed by atoms with Gasteiger partial charge in [-0.25, -0.2) is 4.98 Å². The van der Waals surface area contributed by atoms with Crippen molar-refractivity contribution in [1.82, 2.24) is 9.88 Å². The van der Waals surface area contributed by atoms with Crippen LogP contribution in [0.2, 0.25) is 0 Å². The molecule has 2 aromatic rings. The molecular weight excluding hydrogens is 300 g/mol. The van der Waals surface area contributed by atoms with E-state index in [4.69, 9.17) is 4.74 Å². The van der Waals surface area contributed by atoms with Crippen molar-refractivity contribution < 1.29 is 4.74 Å². The van der Waals surface area contributed by atoms with Crippen LogP contribution in [0.25, 0.3) is 10.6 Å². The third-order valence-corrected chi connectivity index (χ3v) is 5.87. The monoisotopic (exact) mass is 322 g/mol. The maximum atomic E-state index is 5.25. The van der Waals surface area contributed by atoms with Crippen LogP contribution in [0.4, 0.5) is 0 Å². The van der Waals surface area contributed by atoms with Crippen molar-refractivity contribution in [2.24, 2.45) is 5.92 Å². The summed E-state index contributed by atoms with van der Waals surface area (Å²) in [5.41, 5.74) is 2.65. The van der Waals surface area contributed by atoms with E-state index in [2.05, 4.69) is 35.2 Å². The fourth-order valence-corrected chi connectivity index (χ4v) is 4.74. The van der Waals surface area contributed by atoms with E-state index >= 15 is 0 Å². The minimum Gasteiger partial charge on any atom is -0.384 e. The molecule has 3 heterocycles. The number of nitrogens with zero attached hydrogens (tertiary/aromatic N) is 2. The van der Waals surface area contributed by atoms with Crippen molar-refractivity contribution in [2.75, 3.05) is 26.8 Å². The molecule has 1 unspecified atom stereocenters. The molecule has 0 radical (unpaired) electrons. The van der Waals surface area contributed by atoms with Crippen LogP contribution in [0.15, 0.2) is 11.4 Å². The molecule has 1 aliphatic heterocycles. The molecular formula is C16H22N2OS2. The van der Waals surface area contributed by atoms with Crippen molar-refractivity contribution in [1.29, 1.82) is 0 Å². The molecule has 5 heteroatoms. The second-order valence-corrected chi connectivity index (χ2v) is 8.06. The number of hydrogen-bond acceptors (Lipinski definition) is 5. The Labute approximate surface area is 134 Å². The van der Waals surface area contributed by atoms with Crippen molar-refractivity contribution in [3.63, 3.8) is 0 Å². The van der Waals surface area contributed by atoms with Gasteiger partial charge < -0.3 is 4.74 Å². The van der Waals surface area contributed by atoms with Crippen molar-refractivity contribution >= 4 is 22.7 Å². The summed E-state index contributed by atoms with van der Waals surface area (Å²) >= 11 is 3.66. The van der Waals surface area contributed by atoms with Crippen molar-refractivity contribution in [3.8, 4) is 10.6 Å². The lowest BCUT2D eigenvalue weighted by Crippen LogP contribution is -2.34. The normalized spacial score (nSPS) is 16.9. The summed E-state index contributed by atoms with van der Waals surface area (Å²) in [7, 11) is 1.78. The minimum atomic E-state index is 0.593. The molecule has 3 nitrogen and oxygen atoms in total. The Hall–Kier alpha value is -0.750. The first-order chi connectivity index (χ1) is 10.2. The number of methoxy groups -OCH3 is 1. The zero-order valence-electron chi connectivity index (χ0n) is 12.9. The first-order valence-electron chi connectivity index (χ1n) is 7.41. The van der Waals surface area contributed by atoms with E-state index in [1.165, 1.54) is 16.9 Å². The van der Waals surface area contributed by atoms with Crippen LogP contribution in [0, 0.1) is 12.8 Å². The largest absolute Gasteiger partial charge is 0.384 e. The summed E-state index contributed by atoms with van der Waals surface area (Å²) in [6, 6.07) is 2.35. The molecule has 114 valence electrons. The number of ether oxygens (including phenoxy) is 1. The quantitative estimate of drug-likeness (QED) is 0.837. The lowest BCUT2D eigenvalue weighted by molar-refractivity contribution is 0.124. The van der Waals surface area contributed by atoms with Gasteiger partial charge in [0.1, 0.15) is 0 Å². The summed E-state index contributed by atoms with van der Waals surface area (Å²) in [4.78, 5) is 10.0. The van der Waals surface area contributed by atoms with Crippen LogP contribution in [-0.4, -0.2) is 36.7 Å².